The first-order valence-electron chi connectivity index (χ1n) is 9.33. The molecule has 8 nitrogen and oxygen atoms in total. The van der Waals surface area contributed by atoms with Crippen LogP contribution in [-0.2, 0) is 10.0 Å². The Morgan fingerprint density at radius 3 is 2.71 bits per heavy atom. The lowest BCUT2D eigenvalue weighted by atomic mass is 10.1. The summed E-state index contributed by atoms with van der Waals surface area (Å²) in [7, 11) is -1.62. The molecule has 0 spiro atoms. The second kappa shape index (κ2) is 8.74. The van der Waals surface area contributed by atoms with Crippen molar-refractivity contribution < 1.29 is 22.5 Å². The van der Waals surface area contributed by atoms with Crippen LogP contribution in [0.15, 0.2) is 34.9 Å². The minimum atomic E-state index is -3.19. The number of hydrogen-bond donors (Lipinski definition) is 1. The first-order valence-corrected chi connectivity index (χ1v) is 10.9. The van der Waals surface area contributed by atoms with Gasteiger partial charge in [0.15, 0.2) is 11.5 Å². The van der Waals surface area contributed by atoms with Gasteiger partial charge in [0.05, 0.1) is 18.4 Å². The average molecular weight is 407 g/mol. The molecule has 1 saturated heterocycles. The number of nitrogens with one attached hydrogen (secondary N) is 1. The maximum absolute atomic E-state index is 12.5. The minimum absolute atomic E-state index is 0.0908. The number of aromatic nitrogens is 1. The molecule has 0 unspecified atom stereocenters. The molecule has 1 aliphatic rings. The van der Waals surface area contributed by atoms with E-state index in [-0.39, 0.29) is 23.4 Å². The molecule has 0 saturated carbocycles. The molecule has 1 aromatic heterocycles. The van der Waals surface area contributed by atoms with Gasteiger partial charge in [-0.05, 0) is 31.4 Å². The van der Waals surface area contributed by atoms with Gasteiger partial charge in [0.2, 0.25) is 10.0 Å². The van der Waals surface area contributed by atoms with E-state index in [1.807, 2.05) is 25.1 Å². The third-order valence-electron chi connectivity index (χ3n) is 4.76. The molecule has 0 atom stereocenters. The van der Waals surface area contributed by atoms with E-state index in [1.54, 1.807) is 19.2 Å². The molecule has 152 valence electrons. The normalized spacial score (nSPS) is 16.1. The summed E-state index contributed by atoms with van der Waals surface area (Å²) in [4.78, 5) is 12.5. The molecule has 2 aromatic rings. The molecular formula is C19H25N3O5S. The van der Waals surface area contributed by atoms with Crippen molar-refractivity contribution >= 4 is 15.9 Å². The SMILES string of the molecule is CCCS(=O)(=O)N1CCC(NC(=O)c2cc(-c3ccccc3OC)on2)CC1. The van der Waals surface area contributed by atoms with Crippen LogP contribution in [0.2, 0.25) is 0 Å². The highest BCUT2D eigenvalue weighted by Gasteiger charge is 2.28. The van der Waals surface area contributed by atoms with Gasteiger partial charge in [-0.25, -0.2) is 12.7 Å². The number of carbonyl (C=O) groups is 1. The highest BCUT2D eigenvalue weighted by Crippen LogP contribution is 2.30. The summed E-state index contributed by atoms with van der Waals surface area (Å²) in [5.41, 5.74) is 0.896. The Morgan fingerprint density at radius 1 is 1.32 bits per heavy atom. The van der Waals surface area contributed by atoms with E-state index < -0.39 is 10.0 Å². The van der Waals surface area contributed by atoms with Crippen LogP contribution >= 0.6 is 0 Å². The lowest BCUT2D eigenvalue weighted by Crippen LogP contribution is -2.47. The number of hydrogen-bond acceptors (Lipinski definition) is 6. The van der Waals surface area contributed by atoms with E-state index in [0.717, 1.165) is 0 Å². The van der Waals surface area contributed by atoms with Crippen molar-refractivity contribution in [3.8, 4) is 17.1 Å². The molecule has 28 heavy (non-hydrogen) atoms. The van der Waals surface area contributed by atoms with E-state index >= 15 is 0 Å². The van der Waals surface area contributed by atoms with E-state index in [1.165, 1.54) is 4.31 Å². The molecule has 1 N–H and O–H groups in total. The number of carbonyl (C=O) groups excluding carboxylic acids is 1. The van der Waals surface area contributed by atoms with Crippen molar-refractivity contribution in [3.63, 3.8) is 0 Å². The summed E-state index contributed by atoms with van der Waals surface area (Å²) in [5, 5.41) is 6.78. The fourth-order valence-electron chi connectivity index (χ4n) is 3.28. The first-order chi connectivity index (χ1) is 13.4. The fourth-order valence-corrected chi connectivity index (χ4v) is 4.82. The van der Waals surface area contributed by atoms with Crippen LogP contribution in [0, 0.1) is 0 Å². The van der Waals surface area contributed by atoms with Crippen LogP contribution in [0.3, 0.4) is 0 Å². The van der Waals surface area contributed by atoms with E-state index in [0.29, 0.717) is 49.4 Å². The number of rotatable bonds is 7. The van der Waals surface area contributed by atoms with E-state index in [2.05, 4.69) is 10.5 Å². The molecule has 0 aliphatic carbocycles. The predicted octanol–water partition coefficient (Wildman–Crippen LogP) is 2.28. The fraction of sp³-hybridized carbons (Fsp3) is 0.474. The van der Waals surface area contributed by atoms with Crippen molar-refractivity contribution in [1.29, 1.82) is 0 Å². The third-order valence-corrected chi connectivity index (χ3v) is 6.84. The van der Waals surface area contributed by atoms with Crippen molar-refractivity contribution in [3.05, 3.63) is 36.0 Å². The number of sulfonamides is 1. The van der Waals surface area contributed by atoms with E-state index in [9.17, 15) is 13.2 Å². The summed E-state index contributed by atoms with van der Waals surface area (Å²) in [6.07, 6.45) is 1.75. The molecule has 1 aliphatic heterocycles. The van der Waals surface area contributed by atoms with Crippen molar-refractivity contribution in [2.75, 3.05) is 26.0 Å². The zero-order chi connectivity index (χ0) is 20.1. The maximum Gasteiger partial charge on any atom is 0.273 e. The van der Waals surface area contributed by atoms with Crippen LogP contribution in [0.25, 0.3) is 11.3 Å². The van der Waals surface area contributed by atoms with Gasteiger partial charge in [-0.3, -0.25) is 4.79 Å². The molecule has 3 rings (SSSR count). The lowest BCUT2D eigenvalue weighted by Gasteiger charge is -2.31. The monoisotopic (exact) mass is 407 g/mol. The number of para-hydroxylation sites is 1. The summed E-state index contributed by atoms with van der Waals surface area (Å²) < 4.78 is 36.4. The molecule has 0 bridgehead atoms. The third kappa shape index (κ3) is 4.53. The summed E-state index contributed by atoms with van der Waals surface area (Å²) >= 11 is 0. The van der Waals surface area contributed by atoms with Gasteiger partial charge in [0, 0.05) is 25.2 Å². The Labute approximate surface area is 164 Å². The zero-order valence-electron chi connectivity index (χ0n) is 16.1. The van der Waals surface area contributed by atoms with Gasteiger partial charge in [-0.1, -0.05) is 24.2 Å². The second-order valence-electron chi connectivity index (χ2n) is 6.74. The first kappa shape index (κ1) is 20.3. The zero-order valence-corrected chi connectivity index (χ0v) is 16.9. The number of methoxy groups -OCH3 is 1. The standard InChI is InChI=1S/C19H25N3O5S/c1-3-12-28(24,25)22-10-8-14(9-11-22)20-19(23)16-13-18(27-21-16)15-6-4-5-7-17(15)26-2/h4-7,13-14H,3,8-12H2,1-2H3,(H,20,23). The highest BCUT2D eigenvalue weighted by molar-refractivity contribution is 7.89. The topological polar surface area (TPSA) is 102 Å². The number of ether oxygens (including phenoxy) is 1. The summed E-state index contributed by atoms with van der Waals surface area (Å²) in [6, 6.07) is 8.81. The lowest BCUT2D eigenvalue weighted by molar-refractivity contribution is 0.0914. The molecule has 1 aromatic carbocycles. The van der Waals surface area contributed by atoms with Gasteiger partial charge in [-0.2, -0.15) is 0 Å². The van der Waals surface area contributed by atoms with Gasteiger partial charge in [0.25, 0.3) is 5.91 Å². The second-order valence-corrected chi connectivity index (χ2v) is 8.83. The van der Waals surface area contributed by atoms with Crippen molar-refractivity contribution in [2.45, 2.75) is 32.2 Å². The Morgan fingerprint density at radius 2 is 2.04 bits per heavy atom. The number of piperidine rings is 1. The molecular weight excluding hydrogens is 382 g/mol. The van der Waals surface area contributed by atoms with Crippen molar-refractivity contribution in [2.24, 2.45) is 0 Å². The Hall–Kier alpha value is -2.39. The van der Waals surface area contributed by atoms with Crippen molar-refractivity contribution in [1.82, 2.24) is 14.8 Å². The quantitative estimate of drug-likeness (QED) is 0.756. The smallest absolute Gasteiger partial charge is 0.273 e. The largest absolute Gasteiger partial charge is 0.496 e. The molecule has 1 amide bonds. The Kier molecular flexibility index (Phi) is 6.35. The van der Waals surface area contributed by atoms with Crippen LogP contribution in [0.4, 0.5) is 0 Å². The van der Waals surface area contributed by atoms with Gasteiger partial charge in [-0.15, -0.1) is 0 Å². The summed E-state index contributed by atoms with van der Waals surface area (Å²) in [5.74, 6) is 0.906. The van der Waals surface area contributed by atoms with E-state index in [4.69, 9.17) is 9.26 Å². The van der Waals surface area contributed by atoms with Crippen LogP contribution in [0.1, 0.15) is 36.7 Å². The van der Waals surface area contributed by atoms with Crippen LogP contribution in [-0.4, -0.2) is 55.8 Å². The van der Waals surface area contributed by atoms with Gasteiger partial charge >= 0.3 is 0 Å². The number of amides is 1. The Balaban J connectivity index is 1.60. The van der Waals surface area contributed by atoms with Crippen LogP contribution < -0.4 is 10.1 Å². The average Bonchev–Trinajstić information content (AvgIpc) is 3.18. The maximum atomic E-state index is 12.5. The molecule has 9 heteroatoms. The molecule has 1 fully saturated rings. The van der Waals surface area contributed by atoms with Crippen LogP contribution in [0.5, 0.6) is 5.75 Å². The minimum Gasteiger partial charge on any atom is -0.496 e. The highest BCUT2D eigenvalue weighted by atomic mass is 32.2. The Bertz CT molecular complexity index is 917. The summed E-state index contributed by atoms with van der Waals surface area (Å²) in [6.45, 7) is 2.68. The predicted molar refractivity (Wildman–Crippen MR) is 105 cm³/mol. The number of nitrogens with zero attached hydrogens (tertiary/aromatic N) is 2. The molecule has 0 radical (unpaired) electrons. The number of benzene rings is 1. The van der Waals surface area contributed by atoms with Gasteiger partial charge in [0.1, 0.15) is 5.75 Å². The molecule has 2 heterocycles. The van der Waals surface area contributed by atoms with Gasteiger partial charge < -0.3 is 14.6 Å².